The van der Waals surface area contributed by atoms with Gasteiger partial charge in [0.25, 0.3) is 0 Å². The first-order valence-electron chi connectivity index (χ1n) is 7.49. The predicted molar refractivity (Wildman–Crippen MR) is 85.1 cm³/mol. The Morgan fingerprint density at radius 1 is 1.35 bits per heavy atom. The number of hydrogen-bond donors (Lipinski definition) is 7. The normalized spacial score (nSPS) is 32.6. The van der Waals surface area contributed by atoms with Crippen LogP contribution < -0.4 is 11.1 Å². The Balaban J connectivity index is 0.000000597. The van der Waals surface area contributed by atoms with E-state index >= 15 is 0 Å². The molecule has 0 aromatic heterocycles. The van der Waals surface area contributed by atoms with E-state index in [1.807, 2.05) is 0 Å². The molecule has 150 valence electrons. The van der Waals surface area contributed by atoms with E-state index in [0.717, 1.165) is 0 Å². The van der Waals surface area contributed by atoms with E-state index in [9.17, 15) is 24.9 Å². The first kappa shape index (κ1) is 22.3. The lowest BCUT2D eigenvalue weighted by Crippen LogP contribution is -2.61. The molecule has 12 nitrogen and oxygen atoms in total. The third-order valence-corrected chi connectivity index (χ3v) is 3.94. The Hall–Kier alpha value is -1.77. The smallest absolute Gasteiger partial charge is 0.394 e. The maximum absolute atomic E-state index is 11.9. The lowest BCUT2D eigenvalue weighted by Gasteiger charge is -2.43. The number of nitrogens with two attached hydrogens (primary N) is 1. The van der Waals surface area contributed by atoms with Gasteiger partial charge in [-0.2, -0.15) is 8.42 Å². The number of nitrogens with one attached hydrogen (secondary N) is 1. The van der Waals surface area contributed by atoms with Crippen LogP contribution in [-0.2, 0) is 24.7 Å². The maximum atomic E-state index is 11.9. The van der Waals surface area contributed by atoms with E-state index in [4.69, 9.17) is 28.0 Å². The molecule has 0 aromatic carbocycles. The third kappa shape index (κ3) is 5.62. The van der Waals surface area contributed by atoms with Crippen molar-refractivity contribution in [3.63, 3.8) is 0 Å². The Morgan fingerprint density at radius 2 is 1.85 bits per heavy atom. The van der Waals surface area contributed by atoms with Crippen LogP contribution in [0.4, 0.5) is 0 Å². The van der Waals surface area contributed by atoms with E-state index in [-0.39, 0.29) is 17.8 Å². The van der Waals surface area contributed by atoms with Crippen molar-refractivity contribution in [3.05, 3.63) is 11.3 Å². The Morgan fingerprint density at radius 3 is 2.31 bits per heavy atom. The summed E-state index contributed by atoms with van der Waals surface area (Å²) in [5.41, 5.74) is 5.39. The number of hydrogen-bond acceptors (Lipinski definition) is 9. The summed E-state index contributed by atoms with van der Waals surface area (Å²) in [6, 6.07) is -1.55. The average molecular weight is 398 g/mol. The van der Waals surface area contributed by atoms with Crippen LogP contribution in [0, 0.1) is 5.92 Å². The van der Waals surface area contributed by atoms with Crippen molar-refractivity contribution in [1.82, 2.24) is 5.32 Å². The van der Waals surface area contributed by atoms with Gasteiger partial charge in [0.2, 0.25) is 5.91 Å². The molecule has 13 heteroatoms. The number of carbonyl (C=O) groups excluding carboxylic acids is 2. The minimum atomic E-state index is -4.67. The van der Waals surface area contributed by atoms with E-state index in [2.05, 4.69) is 5.32 Å². The van der Waals surface area contributed by atoms with Crippen molar-refractivity contribution in [2.24, 2.45) is 11.7 Å². The first-order chi connectivity index (χ1) is 11.7. The lowest BCUT2D eigenvalue weighted by atomic mass is 9.74. The van der Waals surface area contributed by atoms with Crippen molar-refractivity contribution < 1.29 is 47.2 Å². The van der Waals surface area contributed by atoms with Crippen LogP contribution in [0.2, 0.25) is 0 Å². The zero-order valence-electron chi connectivity index (χ0n) is 13.9. The highest BCUT2D eigenvalue weighted by Gasteiger charge is 2.50. The topological polar surface area (TPSA) is 217 Å². The van der Waals surface area contributed by atoms with Crippen LogP contribution in [-0.4, -0.2) is 75.1 Å². The zero-order chi connectivity index (χ0) is 20.4. The van der Waals surface area contributed by atoms with E-state index in [1.165, 1.54) is 6.92 Å². The second-order valence-electron chi connectivity index (χ2n) is 6.03. The quantitative estimate of drug-likeness (QED) is 0.193. The number of cyclic esters (lactones) is 1. The predicted octanol–water partition coefficient (Wildman–Crippen LogP) is -2.34. The van der Waals surface area contributed by atoms with Gasteiger partial charge in [-0.25, -0.2) is 4.79 Å². The van der Waals surface area contributed by atoms with Gasteiger partial charge < -0.3 is 31.1 Å². The van der Waals surface area contributed by atoms with Crippen molar-refractivity contribution in [3.8, 4) is 0 Å². The van der Waals surface area contributed by atoms with Crippen LogP contribution in [0.1, 0.15) is 20.3 Å². The summed E-state index contributed by atoms with van der Waals surface area (Å²) in [5, 5.41) is 32.4. The van der Waals surface area contributed by atoms with Crippen LogP contribution in [0.5, 0.6) is 0 Å². The molecular formula is C13H22N2O10S. The monoisotopic (exact) mass is 398 g/mol. The number of esters is 1. The summed E-state index contributed by atoms with van der Waals surface area (Å²) in [6.07, 6.45) is -3.46. The number of carbonyl (C=O) groups is 2. The van der Waals surface area contributed by atoms with Crippen LogP contribution >= 0.6 is 0 Å². The van der Waals surface area contributed by atoms with Crippen LogP contribution in [0.3, 0.4) is 0 Å². The number of aliphatic hydroxyl groups is 3. The fraction of sp³-hybridized carbons (Fsp3) is 0.692. The van der Waals surface area contributed by atoms with Gasteiger partial charge in [0.05, 0.1) is 29.9 Å². The SMILES string of the molecule is C[C@H](N)C(=O)N[C@@H]1[C@H]2C(=C(O)C[C@@H](O)[C@@H]2O)C(=O)O[C@@H]1C.O=S(=O)(O)O. The van der Waals surface area contributed by atoms with Gasteiger partial charge in [-0.15, -0.1) is 0 Å². The number of fused-ring (bicyclic) bond motifs is 1. The molecule has 1 heterocycles. The Labute approximate surface area is 149 Å². The average Bonchev–Trinajstić information content (AvgIpc) is 2.45. The van der Waals surface area contributed by atoms with E-state index in [0.29, 0.717) is 0 Å². The zero-order valence-corrected chi connectivity index (χ0v) is 14.8. The molecule has 26 heavy (non-hydrogen) atoms. The van der Waals surface area contributed by atoms with E-state index in [1.54, 1.807) is 6.92 Å². The van der Waals surface area contributed by atoms with Crippen molar-refractivity contribution in [2.45, 2.75) is 50.7 Å². The van der Waals surface area contributed by atoms with E-state index < -0.39 is 58.6 Å². The molecule has 6 atom stereocenters. The molecule has 2 rings (SSSR count). The molecule has 8 N–H and O–H groups in total. The molecule has 1 amide bonds. The molecule has 0 aromatic rings. The molecule has 0 unspecified atom stereocenters. The summed E-state index contributed by atoms with van der Waals surface area (Å²) < 4.78 is 36.7. The molecule has 0 spiro atoms. The highest BCUT2D eigenvalue weighted by atomic mass is 32.3. The van der Waals surface area contributed by atoms with Crippen LogP contribution in [0.15, 0.2) is 11.3 Å². The molecule has 1 saturated heterocycles. The lowest BCUT2D eigenvalue weighted by molar-refractivity contribution is -0.159. The van der Waals surface area contributed by atoms with Gasteiger partial charge in [-0.05, 0) is 13.8 Å². The second-order valence-corrected chi connectivity index (χ2v) is 6.93. The minimum absolute atomic E-state index is 0.0964. The molecule has 0 saturated carbocycles. The number of ether oxygens (including phenoxy) is 1. The molecule has 2 aliphatic rings. The highest BCUT2D eigenvalue weighted by molar-refractivity contribution is 7.79. The molecule has 1 aliphatic heterocycles. The summed E-state index contributed by atoms with van der Waals surface area (Å²) in [7, 11) is -4.67. The largest absolute Gasteiger partial charge is 0.512 e. The highest BCUT2D eigenvalue weighted by Crippen LogP contribution is 2.37. The molecule has 1 fully saturated rings. The van der Waals surface area contributed by atoms with Gasteiger partial charge in [0.15, 0.2) is 0 Å². The van der Waals surface area contributed by atoms with Crippen LogP contribution in [0.25, 0.3) is 0 Å². The number of aliphatic hydroxyl groups excluding tert-OH is 3. The number of rotatable bonds is 2. The second kappa shape index (κ2) is 8.28. The molecular weight excluding hydrogens is 376 g/mol. The molecule has 0 radical (unpaired) electrons. The van der Waals surface area contributed by atoms with Crippen molar-refractivity contribution in [2.75, 3.05) is 0 Å². The maximum Gasteiger partial charge on any atom is 0.394 e. The fourth-order valence-corrected chi connectivity index (χ4v) is 2.78. The summed E-state index contributed by atoms with van der Waals surface area (Å²) in [6.45, 7) is 3.06. The molecule has 0 bridgehead atoms. The van der Waals surface area contributed by atoms with Gasteiger partial charge in [0, 0.05) is 12.3 Å². The Kier molecular flexibility index (Phi) is 7.09. The standard InChI is InChI=1S/C13H20N2O6.H2O4S/c1-4(14)12(19)15-10-5(2)21-13(20)8-6(16)3-7(17)11(18)9(8)10;1-5(2,3)4/h4-5,7,9-11,16-18H,3,14H2,1-2H3,(H,15,19);(H2,1,2,3,4)/t4-,5+,7+,9+,10-,11-;/m0./s1. The van der Waals surface area contributed by atoms with Gasteiger partial charge >= 0.3 is 16.4 Å². The van der Waals surface area contributed by atoms with Crippen molar-refractivity contribution >= 4 is 22.3 Å². The van der Waals surface area contributed by atoms with Gasteiger partial charge in [-0.1, -0.05) is 0 Å². The third-order valence-electron chi connectivity index (χ3n) is 3.94. The van der Waals surface area contributed by atoms with Gasteiger partial charge in [-0.3, -0.25) is 13.9 Å². The number of amides is 1. The fourth-order valence-electron chi connectivity index (χ4n) is 2.78. The first-order valence-corrected chi connectivity index (χ1v) is 8.88. The van der Waals surface area contributed by atoms with Gasteiger partial charge in [0.1, 0.15) is 11.9 Å². The Bertz CT molecular complexity index is 681. The summed E-state index contributed by atoms with van der Waals surface area (Å²) in [4.78, 5) is 23.7. The summed E-state index contributed by atoms with van der Waals surface area (Å²) in [5.74, 6) is -2.49. The minimum Gasteiger partial charge on any atom is -0.512 e. The van der Waals surface area contributed by atoms with Crippen molar-refractivity contribution in [1.29, 1.82) is 0 Å². The molecule has 1 aliphatic carbocycles. The summed E-state index contributed by atoms with van der Waals surface area (Å²) >= 11 is 0.